The normalized spacial score (nSPS) is 9.71. The third-order valence-corrected chi connectivity index (χ3v) is 3.14. The van der Waals surface area contributed by atoms with Crippen LogP contribution in [0.3, 0.4) is 0 Å². The van der Waals surface area contributed by atoms with E-state index in [0.717, 1.165) is 15.7 Å². The number of benzene rings is 1. The minimum Gasteiger partial charge on any atom is -0.337 e. The molecule has 0 unspecified atom stereocenters. The molecule has 0 radical (unpaired) electrons. The summed E-state index contributed by atoms with van der Waals surface area (Å²) in [5, 5.41) is 6.13. The Kier molecular flexibility index (Phi) is 6.58. The second-order valence-corrected chi connectivity index (χ2v) is 4.83. The Bertz CT molecular complexity index is 367. The van der Waals surface area contributed by atoms with Gasteiger partial charge in [-0.2, -0.15) is 0 Å². The Morgan fingerprint density at radius 3 is 2.71 bits per heavy atom. The largest absolute Gasteiger partial charge is 0.337 e. The zero-order valence-corrected chi connectivity index (χ0v) is 11.0. The molecule has 5 heteroatoms. The number of urea groups is 1. The van der Waals surface area contributed by atoms with Crippen LogP contribution in [0.1, 0.15) is 0 Å². The Labute approximate surface area is 111 Å². The molecular weight excluding hydrogens is 256 g/mol. The number of carbonyl (C=O) groups excluding carboxylic acids is 1. The zero-order chi connectivity index (χ0) is 12.5. The summed E-state index contributed by atoms with van der Waals surface area (Å²) < 4.78 is 0. The second-order valence-electron chi connectivity index (χ2n) is 3.23. The molecule has 0 heterocycles. The fourth-order valence-corrected chi connectivity index (χ4v) is 1.99. The summed E-state index contributed by atoms with van der Waals surface area (Å²) in [5.41, 5.74) is 0. The van der Waals surface area contributed by atoms with Crippen LogP contribution in [0.25, 0.3) is 0 Å². The van der Waals surface area contributed by atoms with Crippen LogP contribution < -0.4 is 10.6 Å². The third kappa shape index (κ3) is 6.24. The number of nitrogens with one attached hydrogen (secondary N) is 2. The maximum Gasteiger partial charge on any atom is 0.315 e. The van der Waals surface area contributed by atoms with Gasteiger partial charge in [0.05, 0.1) is 0 Å². The van der Waals surface area contributed by atoms with E-state index in [-0.39, 0.29) is 6.03 Å². The molecule has 0 aromatic heterocycles. The van der Waals surface area contributed by atoms with E-state index in [0.29, 0.717) is 13.1 Å². The van der Waals surface area contributed by atoms with Gasteiger partial charge in [0.15, 0.2) is 0 Å². The first-order valence-electron chi connectivity index (χ1n) is 5.23. The van der Waals surface area contributed by atoms with Gasteiger partial charge in [0.2, 0.25) is 0 Å². The van der Waals surface area contributed by atoms with Crippen molar-refractivity contribution in [2.45, 2.75) is 4.90 Å². The van der Waals surface area contributed by atoms with Crippen LogP contribution in [0, 0.1) is 0 Å². The van der Waals surface area contributed by atoms with Crippen LogP contribution in [0.15, 0.2) is 41.8 Å². The smallest absolute Gasteiger partial charge is 0.315 e. The quantitative estimate of drug-likeness (QED) is 0.474. The van der Waals surface area contributed by atoms with Gasteiger partial charge in [0, 0.05) is 28.8 Å². The summed E-state index contributed by atoms with van der Waals surface area (Å²) in [5.74, 6) is 0.823. The summed E-state index contributed by atoms with van der Waals surface area (Å²) in [6, 6.07) is 7.47. The standard InChI is InChI=1S/C12H15ClN2OS/c1-2-7-14-12(16)15-8-9-17-11-5-3-10(13)4-6-11/h2-6H,1,7-9H2,(H2,14,15,16). The van der Waals surface area contributed by atoms with Crippen molar-refractivity contribution in [3.05, 3.63) is 41.9 Å². The van der Waals surface area contributed by atoms with E-state index in [2.05, 4.69) is 17.2 Å². The molecule has 0 bridgehead atoms. The molecule has 1 aromatic rings. The molecule has 2 N–H and O–H groups in total. The molecule has 1 rings (SSSR count). The predicted molar refractivity (Wildman–Crippen MR) is 73.8 cm³/mol. The fraction of sp³-hybridized carbons (Fsp3) is 0.250. The topological polar surface area (TPSA) is 41.1 Å². The summed E-state index contributed by atoms with van der Waals surface area (Å²) in [4.78, 5) is 12.3. The molecule has 3 nitrogen and oxygen atoms in total. The highest BCUT2D eigenvalue weighted by Crippen LogP contribution is 2.19. The van der Waals surface area contributed by atoms with Crippen molar-refractivity contribution >= 4 is 29.4 Å². The minimum absolute atomic E-state index is 0.165. The van der Waals surface area contributed by atoms with E-state index < -0.39 is 0 Å². The van der Waals surface area contributed by atoms with Gasteiger partial charge in [-0.15, -0.1) is 18.3 Å². The molecule has 0 fully saturated rings. The minimum atomic E-state index is -0.165. The summed E-state index contributed by atoms with van der Waals surface area (Å²) >= 11 is 7.45. The van der Waals surface area contributed by atoms with Gasteiger partial charge in [0.1, 0.15) is 0 Å². The molecule has 0 spiro atoms. The highest BCUT2D eigenvalue weighted by atomic mass is 35.5. The van der Waals surface area contributed by atoms with Crippen LogP contribution >= 0.6 is 23.4 Å². The number of halogens is 1. The first-order valence-corrected chi connectivity index (χ1v) is 6.59. The molecule has 0 saturated carbocycles. The Balaban J connectivity index is 2.13. The third-order valence-electron chi connectivity index (χ3n) is 1.88. The average molecular weight is 271 g/mol. The van der Waals surface area contributed by atoms with Crippen molar-refractivity contribution in [1.29, 1.82) is 0 Å². The molecule has 1 aromatic carbocycles. The molecule has 0 aliphatic heterocycles. The Morgan fingerprint density at radius 2 is 2.06 bits per heavy atom. The molecule has 0 atom stereocenters. The van der Waals surface area contributed by atoms with E-state index in [1.165, 1.54) is 0 Å². The van der Waals surface area contributed by atoms with Crippen LogP contribution in [-0.2, 0) is 0 Å². The first kappa shape index (κ1) is 13.9. The van der Waals surface area contributed by atoms with Gasteiger partial charge in [-0.1, -0.05) is 17.7 Å². The summed E-state index contributed by atoms with van der Waals surface area (Å²) in [6.45, 7) is 4.62. The van der Waals surface area contributed by atoms with Crippen LogP contribution in [-0.4, -0.2) is 24.9 Å². The molecule has 2 amide bonds. The van der Waals surface area contributed by atoms with Gasteiger partial charge >= 0.3 is 6.03 Å². The fourth-order valence-electron chi connectivity index (χ4n) is 1.09. The van der Waals surface area contributed by atoms with E-state index in [1.807, 2.05) is 24.3 Å². The molecule has 92 valence electrons. The molecule has 0 aliphatic carbocycles. The number of thioether (sulfide) groups is 1. The van der Waals surface area contributed by atoms with Crippen molar-refractivity contribution in [2.75, 3.05) is 18.8 Å². The van der Waals surface area contributed by atoms with Crippen molar-refractivity contribution in [1.82, 2.24) is 10.6 Å². The average Bonchev–Trinajstić information content (AvgIpc) is 2.34. The molecule has 0 saturated heterocycles. The lowest BCUT2D eigenvalue weighted by atomic mass is 10.4. The lowest BCUT2D eigenvalue weighted by Crippen LogP contribution is -2.36. The Hall–Kier alpha value is -1.13. The van der Waals surface area contributed by atoms with Gasteiger partial charge in [-0.05, 0) is 24.3 Å². The number of hydrogen-bond donors (Lipinski definition) is 2. The van der Waals surface area contributed by atoms with E-state index in [1.54, 1.807) is 17.8 Å². The highest BCUT2D eigenvalue weighted by molar-refractivity contribution is 7.99. The molecule has 17 heavy (non-hydrogen) atoms. The number of rotatable bonds is 6. The van der Waals surface area contributed by atoms with Gasteiger partial charge in [-0.25, -0.2) is 4.79 Å². The lowest BCUT2D eigenvalue weighted by Gasteiger charge is -2.05. The highest BCUT2D eigenvalue weighted by Gasteiger charge is 1.98. The number of hydrogen-bond acceptors (Lipinski definition) is 2. The van der Waals surface area contributed by atoms with E-state index in [9.17, 15) is 4.79 Å². The SMILES string of the molecule is C=CCNC(=O)NCCSc1ccc(Cl)cc1. The second kappa shape index (κ2) is 8.03. The van der Waals surface area contributed by atoms with Crippen LogP contribution in [0.4, 0.5) is 4.79 Å². The van der Waals surface area contributed by atoms with Crippen molar-refractivity contribution in [2.24, 2.45) is 0 Å². The lowest BCUT2D eigenvalue weighted by molar-refractivity contribution is 0.242. The maximum atomic E-state index is 11.2. The summed E-state index contributed by atoms with van der Waals surface area (Å²) in [7, 11) is 0. The van der Waals surface area contributed by atoms with Gasteiger partial charge in [0.25, 0.3) is 0 Å². The van der Waals surface area contributed by atoms with Gasteiger partial charge in [-0.3, -0.25) is 0 Å². The Morgan fingerprint density at radius 1 is 1.35 bits per heavy atom. The number of carbonyl (C=O) groups is 1. The van der Waals surface area contributed by atoms with Crippen LogP contribution in [0.2, 0.25) is 5.02 Å². The monoisotopic (exact) mass is 270 g/mol. The van der Waals surface area contributed by atoms with Crippen LogP contribution in [0.5, 0.6) is 0 Å². The first-order chi connectivity index (χ1) is 8.22. The van der Waals surface area contributed by atoms with E-state index in [4.69, 9.17) is 11.6 Å². The number of amides is 2. The maximum absolute atomic E-state index is 11.2. The van der Waals surface area contributed by atoms with Crippen molar-refractivity contribution < 1.29 is 4.79 Å². The van der Waals surface area contributed by atoms with Crippen molar-refractivity contribution in [3.8, 4) is 0 Å². The van der Waals surface area contributed by atoms with E-state index >= 15 is 0 Å². The zero-order valence-electron chi connectivity index (χ0n) is 9.41. The van der Waals surface area contributed by atoms with Crippen molar-refractivity contribution in [3.63, 3.8) is 0 Å². The molecule has 0 aliphatic rings. The predicted octanol–water partition coefficient (Wildman–Crippen LogP) is 2.92. The van der Waals surface area contributed by atoms with Gasteiger partial charge < -0.3 is 10.6 Å². The molecular formula is C12H15ClN2OS. The summed E-state index contributed by atoms with van der Waals surface area (Å²) in [6.07, 6.45) is 1.64.